The van der Waals surface area contributed by atoms with Crippen molar-refractivity contribution in [3.63, 3.8) is 0 Å². The van der Waals surface area contributed by atoms with E-state index in [0.717, 1.165) is 35.4 Å². The van der Waals surface area contributed by atoms with E-state index in [-0.39, 0.29) is 17.5 Å². The second-order valence-corrected chi connectivity index (χ2v) is 9.05. The number of para-hydroxylation sites is 1. The highest BCUT2D eigenvalue weighted by molar-refractivity contribution is 8.00. The maximum Gasteiger partial charge on any atom is 0.234 e. The predicted molar refractivity (Wildman–Crippen MR) is 131 cm³/mol. The number of carbonyl (C=O) groups excluding carboxylic acids is 1. The second-order valence-electron chi connectivity index (χ2n) is 8.09. The zero-order valence-corrected chi connectivity index (χ0v) is 19.0. The lowest BCUT2D eigenvalue weighted by Crippen LogP contribution is -2.31. The third-order valence-corrected chi connectivity index (χ3v) is 6.76. The zero-order valence-electron chi connectivity index (χ0n) is 18.2. The van der Waals surface area contributed by atoms with Gasteiger partial charge < -0.3 is 10.2 Å². The van der Waals surface area contributed by atoms with Gasteiger partial charge in [0.15, 0.2) is 0 Å². The highest BCUT2D eigenvalue weighted by atomic mass is 32.2. The molecule has 2 heterocycles. The molecule has 1 amide bonds. The molecule has 0 radical (unpaired) electrons. The predicted octanol–water partition coefficient (Wildman–Crippen LogP) is 5.37. The number of halogens is 1. The van der Waals surface area contributed by atoms with E-state index in [1.165, 1.54) is 29.0 Å². The van der Waals surface area contributed by atoms with E-state index < -0.39 is 0 Å². The van der Waals surface area contributed by atoms with Crippen LogP contribution in [0.3, 0.4) is 0 Å². The Morgan fingerprint density at radius 1 is 1.06 bits per heavy atom. The van der Waals surface area contributed by atoms with Crippen molar-refractivity contribution in [3.05, 3.63) is 89.2 Å². The van der Waals surface area contributed by atoms with Crippen molar-refractivity contribution in [3.8, 4) is 0 Å². The van der Waals surface area contributed by atoms with E-state index in [9.17, 15) is 9.18 Å². The molecule has 166 valence electrons. The first-order valence-electron chi connectivity index (χ1n) is 10.8. The summed E-state index contributed by atoms with van der Waals surface area (Å²) in [6, 6.07) is 21.0. The summed E-state index contributed by atoms with van der Waals surface area (Å²) in [4.78, 5) is 24.4. The number of hydrogen-bond donors (Lipinski definition) is 1. The normalized spacial score (nSPS) is 13.1. The maximum atomic E-state index is 13.8. The number of rotatable bonds is 5. The van der Waals surface area contributed by atoms with Crippen molar-refractivity contribution in [1.82, 2.24) is 9.97 Å². The number of benzene rings is 3. The second kappa shape index (κ2) is 9.19. The molecule has 0 saturated carbocycles. The van der Waals surface area contributed by atoms with Gasteiger partial charge in [-0.05, 0) is 48.2 Å². The SMILES string of the molecule is Cc1ccc(NC(=O)CSc2nc(N3CCc4ccccc4C3)nc3ccccc23)cc1F. The molecule has 1 aliphatic heterocycles. The number of aromatic nitrogens is 2. The third-order valence-electron chi connectivity index (χ3n) is 5.77. The molecule has 0 atom stereocenters. The Labute approximate surface area is 196 Å². The summed E-state index contributed by atoms with van der Waals surface area (Å²) in [6.07, 6.45) is 0.949. The summed E-state index contributed by atoms with van der Waals surface area (Å²) in [5.74, 6) is 0.291. The van der Waals surface area contributed by atoms with Crippen LogP contribution in [0.5, 0.6) is 0 Å². The van der Waals surface area contributed by atoms with Gasteiger partial charge >= 0.3 is 0 Å². The lowest BCUT2D eigenvalue weighted by atomic mass is 10.0. The van der Waals surface area contributed by atoms with Crippen LogP contribution in [0.15, 0.2) is 71.8 Å². The summed E-state index contributed by atoms with van der Waals surface area (Å²) < 4.78 is 13.8. The minimum absolute atomic E-state index is 0.165. The van der Waals surface area contributed by atoms with Gasteiger partial charge in [-0.15, -0.1) is 0 Å². The number of anilines is 2. The summed E-state index contributed by atoms with van der Waals surface area (Å²) >= 11 is 1.36. The van der Waals surface area contributed by atoms with Crippen LogP contribution >= 0.6 is 11.8 Å². The number of aryl methyl sites for hydroxylation is 1. The molecule has 1 aliphatic rings. The van der Waals surface area contributed by atoms with Crippen molar-refractivity contribution < 1.29 is 9.18 Å². The van der Waals surface area contributed by atoms with E-state index >= 15 is 0 Å². The number of fused-ring (bicyclic) bond motifs is 2. The molecular weight excluding hydrogens is 435 g/mol. The summed E-state index contributed by atoms with van der Waals surface area (Å²) in [5, 5.41) is 4.44. The van der Waals surface area contributed by atoms with Gasteiger partial charge in [-0.3, -0.25) is 4.79 Å². The molecule has 3 aromatic carbocycles. The number of nitrogens with zero attached hydrogens (tertiary/aromatic N) is 3. The number of thioether (sulfide) groups is 1. The molecule has 0 spiro atoms. The van der Waals surface area contributed by atoms with Crippen LogP contribution in [-0.2, 0) is 17.8 Å². The Kier molecular flexibility index (Phi) is 5.96. The third kappa shape index (κ3) is 4.68. The lowest BCUT2D eigenvalue weighted by molar-refractivity contribution is -0.113. The van der Waals surface area contributed by atoms with Gasteiger partial charge in [0, 0.05) is 24.2 Å². The number of amides is 1. The van der Waals surface area contributed by atoms with E-state index in [2.05, 4.69) is 34.5 Å². The van der Waals surface area contributed by atoms with Gasteiger partial charge in [0.1, 0.15) is 10.8 Å². The largest absolute Gasteiger partial charge is 0.336 e. The Morgan fingerprint density at radius 2 is 1.85 bits per heavy atom. The van der Waals surface area contributed by atoms with Crippen LogP contribution in [0.4, 0.5) is 16.0 Å². The molecule has 1 aromatic heterocycles. The molecular formula is C26H23FN4OS. The van der Waals surface area contributed by atoms with E-state index in [1.807, 2.05) is 24.3 Å². The molecule has 0 bridgehead atoms. The fraction of sp³-hybridized carbons (Fsp3) is 0.192. The topological polar surface area (TPSA) is 58.1 Å². The zero-order chi connectivity index (χ0) is 22.8. The van der Waals surface area contributed by atoms with Crippen LogP contribution < -0.4 is 10.2 Å². The molecule has 0 saturated heterocycles. The first-order chi connectivity index (χ1) is 16.1. The monoisotopic (exact) mass is 458 g/mol. The maximum absolute atomic E-state index is 13.8. The average Bonchev–Trinajstić information content (AvgIpc) is 2.84. The lowest BCUT2D eigenvalue weighted by Gasteiger charge is -2.29. The van der Waals surface area contributed by atoms with Crippen LogP contribution in [0.1, 0.15) is 16.7 Å². The highest BCUT2D eigenvalue weighted by Crippen LogP contribution is 2.30. The summed E-state index contributed by atoms with van der Waals surface area (Å²) in [6.45, 7) is 3.30. The first kappa shape index (κ1) is 21.4. The molecule has 33 heavy (non-hydrogen) atoms. The summed E-state index contributed by atoms with van der Waals surface area (Å²) in [5.41, 5.74) is 4.50. The van der Waals surface area contributed by atoms with Crippen molar-refractivity contribution in [2.45, 2.75) is 24.9 Å². The number of carbonyl (C=O) groups is 1. The van der Waals surface area contributed by atoms with Crippen LogP contribution in [-0.4, -0.2) is 28.2 Å². The number of nitrogens with one attached hydrogen (secondary N) is 1. The van der Waals surface area contributed by atoms with Crippen LogP contribution in [0.25, 0.3) is 10.9 Å². The van der Waals surface area contributed by atoms with Crippen molar-refractivity contribution in [2.75, 3.05) is 22.5 Å². The van der Waals surface area contributed by atoms with Gasteiger partial charge in [0.25, 0.3) is 0 Å². The smallest absolute Gasteiger partial charge is 0.234 e. The number of hydrogen-bond acceptors (Lipinski definition) is 5. The van der Waals surface area contributed by atoms with Gasteiger partial charge in [-0.25, -0.2) is 14.4 Å². The first-order valence-corrected chi connectivity index (χ1v) is 11.8. The molecule has 5 nitrogen and oxygen atoms in total. The Morgan fingerprint density at radius 3 is 2.70 bits per heavy atom. The Balaban J connectivity index is 1.36. The molecule has 1 N–H and O–H groups in total. The minimum atomic E-state index is -0.338. The Bertz CT molecular complexity index is 1340. The van der Waals surface area contributed by atoms with Gasteiger partial charge in [0.2, 0.25) is 11.9 Å². The van der Waals surface area contributed by atoms with Crippen molar-refractivity contribution in [2.24, 2.45) is 0 Å². The standard InChI is InChI=1S/C26H23FN4OS/c1-17-10-11-20(14-22(17)27)28-24(32)16-33-25-21-8-4-5-9-23(21)29-26(30-25)31-13-12-18-6-2-3-7-19(18)15-31/h2-11,14H,12-13,15-16H2,1H3,(H,28,32). The van der Waals surface area contributed by atoms with Gasteiger partial charge in [-0.2, -0.15) is 0 Å². The minimum Gasteiger partial charge on any atom is -0.336 e. The molecule has 4 aromatic rings. The van der Waals surface area contributed by atoms with Crippen molar-refractivity contribution in [1.29, 1.82) is 0 Å². The molecule has 0 aliphatic carbocycles. The highest BCUT2D eigenvalue weighted by Gasteiger charge is 2.20. The fourth-order valence-corrected chi connectivity index (χ4v) is 4.77. The van der Waals surface area contributed by atoms with Crippen LogP contribution in [0.2, 0.25) is 0 Å². The fourth-order valence-electron chi connectivity index (χ4n) is 3.96. The van der Waals surface area contributed by atoms with E-state index in [0.29, 0.717) is 17.2 Å². The summed E-state index contributed by atoms with van der Waals surface area (Å²) in [7, 11) is 0. The van der Waals surface area contributed by atoms with Crippen molar-refractivity contribution >= 4 is 40.2 Å². The molecule has 5 rings (SSSR count). The molecule has 0 fully saturated rings. The Hall–Kier alpha value is -3.45. The molecule has 0 unspecified atom stereocenters. The average molecular weight is 459 g/mol. The van der Waals surface area contributed by atoms with Gasteiger partial charge in [0.05, 0.1) is 11.3 Å². The molecule has 7 heteroatoms. The quantitative estimate of drug-likeness (QED) is 0.322. The van der Waals surface area contributed by atoms with Gasteiger partial charge in [-0.1, -0.05) is 60.3 Å². The van der Waals surface area contributed by atoms with Crippen LogP contribution in [0, 0.1) is 12.7 Å². The van der Waals surface area contributed by atoms with E-state index in [4.69, 9.17) is 9.97 Å². The van der Waals surface area contributed by atoms with E-state index in [1.54, 1.807) is 19.1 Å².